The Bertz CT molecular complexity index is 595. The third-order valence-electron chi connectivity index (χ3n) is 2.89. The number of rotatable bonds is 2. The molecule has 2 nitrogen and oxygen atoms in total. The molecule has 0 amide bonds. The smallest absolute Gasteiger partial charge is 0.136 e. The zero-order valence-electron chi connectivity index (χ0n) is 10.6. The Balaban J connectivity index is 2.62. The molecule has 1 heterocycles. The van der Waals surface area contributed by atoms with Crippen LogP contribution in [0.15, 0.2) is 18.2 Å². The minimum atomic E-state index is 0.508. The molecule has 0 bridgehead atoms. The molecule has 0 aliphatic rings. The SMILES string of the molecule is CCc1nc(Cl)c(C)c(-c2ccc(C)c(Cl)c2)n1. The highest BCUT2D eigenvalue weighted by atomic mass is 35.5. The molecule has 0 atom stereocenters. The first-order chi connectivity index (χ1) is 8.52. The number of aromatic nitrogens is 2. The topological polar surface area (TPSA) is 25.8 Å². The van der Waals surface area contributed by atoms with Crippen molar-refractivity contribution in [1.29, 1.82) is 0 Å². The maximum atomic E-state index is 6.15. The average Bonchev–Trinajstić information content (AvgIpc) is 2.36. The molecule has 2 rings (SSSR count). The van der Waals surface area contributed by atoms with Crippen LogP contribution in [-0.4, -0.2) is 9.97 Å². The second kappa shape index (κ2) is 5.25. The molecule has 2 aromatic rings. The Morgan fingerprint density at radius 3 is 2.44 bits per heavy atom. The van der Waals surface area contributed by atoms with E-state index in [9.17, 15) is 0 Å². The van der Waals surface area contributed by atoms with Crippen LogP contribution in [0.25, 0.3) is 11.3 Å². The quantitative estimate of drug-likeness (QED) is 0.750. The van der Waals surface area contributed by atoms with E-state index in [4.69, 9.17) is 23.2 Å². The molecule has 4 heteroatoms. The van der Waals surface area contributed by atoms with Gasteiger partial charge in [-0.05, 0) is 25.5 Å². The van der Waals surface area contributed by atoms with Crippen molar-refractivity contribution in [3.8, 4) is 11.3 Å². The molecule has 94 valence electrons. The van der Waals surface area contributed by atoms with Crippen molar-refractivity contribution in [2.24, 2.45) is 0 Å². The van der Waals surface area contributed by atoms with Crippen LogP contribution >= 0.6 is 23.2 Å². The van der Waals surface area contributed by atoms with Crippen molar-refractivity contribution in [3.63, 3.8) is 0 Å². The molecule has 0 spiro atoms. The van der Waals surface area contributed by atoms with Crippen LogP contribution in [0.2, 0.25) is 10.2 Å². The predicted octanol–water partition coefficient (Wildman–Crippen LogP) is 4.63. The molecule has 1 aromatic heterocycles. The maximum Gasteiger partial charge on any atom is 0.136 e. The molecule has 0 aliphatic heterocycles. The lowest BCUT2D eigenvalue weighted by Crippen LogP contribution is -1.99. The van der Waals surface area contributed by atoms with Crippen molar-refractivity contribution in [2.75, 3.05) is 0 Å². The highest BCUT2D eigenvalue weighted by Gasteiger charge is 2.11. The molecule has 0 fully saturated rings. The molecule has 1 aromatic carbocycles. The summed E-state index contributed by atoms with van der Waals surface area (Å²) in [4.78, 5) is 8.78. The van der Waals surface area contributed by atoms with E-state index in [1.165, 1.54) is 0 Å². The van der Waals surface area contributed by atoms with Gasteiger partial charge < -0.3 is 0 Å². The fraction of sp³-hybridized carbons (Fsp3) is 0.286. The summed E-state index contributed by atoms with van der Waals surface area (Å²) in [6.07, 6.45) is 0.757. The molecule has 0 aliphatic carbocycles. The Kier molecular flexibility index (Phi) is 3.88. The molecule has 0 radical (unpaired) electrons. The van der Waals surface area contributed by atoms with Gasteiger partial charge in [-0.3, -0.25) is 0 Å². The van der Waals surface area contributed by atoms with E-state index in [2.05, 4.69) is 9.97 Å². The van der Waals surface area contributed by atoms with Gasteiger partial charge in [0.15, 0.2) is 0 Å². The molecular formula is C14H14Cl2N2. The Morgan fingerprint density at radius 1 is 1.11 bits per heavy atom. The van der Waals surface area contributed by atoms with E-state index in [0.717, 1.165) is 39.7 Å². The van der Waals surface area contributed by atoms with Crippen molar-refractivity contribution in [3.05, 3.63) is 45.3 Å². The average molecular weight is 281 g/mol. The van der Waals surface area contributed by atoms with Crippen molar-refractivity contribution in [2.45, 2.75) is 27.2 Å². The van der Waals surface area contributed by atoms with E-state index in [1.54, 1.807) is 0 Å². The van der Waals surface area contributed by atoms with Crippen LogP contribution < -0.4 is 0 Å². The monoisotopic (exact) mass is 280 g/mol. The van der Waals surface area contributed by atoms with Gasteiger partial charge in [0.25, 0.3) is 0 Å². The molecular weight excluding hydrogens is 267 g/mol. The summed E-state index contributed by atoms with van der Waals surface area (Å²) in [5.41, 5.74) is 3.76. The lowest BCUT2D eigenvalue weighted by Gasteiger charge is -2.09. The number of nitrogens with zero attached hydrogens (tertiary/aromatic N) is 2. The van der Waals surface area contributed by atoms with E-state index in [1.807, 2.05) is 39.0 Å². The van der Waals surface area contributed by atoms with Gasteiger partial charge in [-0.2, -0.15) is 0 Å². The normalized spacial score (nSPS) is 10.7. The van der Waals surface area contributed by atoms with Crippen LogP contribution in [0, 0.1) is 13.8 Å². The van der Waals surface area contributed by atoms with Gasteiger partial charge in [-0.1, -0.05) is 42.3 Å². The first-order valence-corrected chi connectivity index (χ1v) is 6.58. The van der Waals surface area contributed by atoms with Gasteiger partial charge in [0.05, 0.1) is 5.69 Å². The van der Waals surface area contributed by atoms with Gasteiger partial charge in [0.2, 0.25) is 0 Å². The maximum absolute atomic E-state index is 6.15. The zero-order valence-corrected chi connectivity index (χ0v) is 12.1. The van der Waals surface area contributed by atoms with E-state index >= 15 is 0 Å². The summed E-state index contributed by atoms with van der Waals surface area (Å²) < 4.78 is 0. The summed E-state index contributed by atoms with van der Waals surface area (Å²) in [5, 5.41) is 1.24. The molecule has 0 N–H and O–H groups in total. The molecule has 0 saturated heterocycles. The van der Waals surface area contributed by atoms with Crippen molar-refractivity contribution < 1.29 is 0 Å². The highest BCUT2D eigenvalue weighted by molar-refractivity contribution is 6.31. The summed E-state index contributed by atoms with van der Waals surface area (Å²) in [6, 6.07) is 5.91. The molecule has 18 heavy (non-hydrogen) atoms. The van der Waals surface area contributed by atoms with Crippen molar-refractivity contribution >= 4 is 23.2 Å². The van der Waals surface area contributed by atoms with Gasteiger partial charge >= 0.3 is 0 Å². The largest absolute Gasteiger partial charge is 0.233 e. The predicted molar refractivity (Wildman–Crippen MR) is 76.3 cm³/mol. The fourth-order valence-electron chi connectivity index (χ4n) is 1.71. The second-order valence-corrected chi connectivity index (χ2v) is 4.99. The third-order valence-corrected chi connectivity index (χ3v) is 3.67. The van der Waals surface area contributed by atoms with E-state index in [0.29, 0.717) is 5.15 Å². The standard InChI is InChI=1S/C14H14Cl2N2/c1-4-12-17-13(9(3)14(16)18-12)10-6-5-8(2)11(15)7-10/h5-7H,4H2,1-3H3. The summed E-state index contributed by atoms with van der Waals surface area (Å²) in [5.74, 6) is 0.747. The summed E-state index contributed by atoms with van der Waals surface area (Å²) in [7, 11) is 0. The molecule has 0 unspecified atom stereocenters. The van der Waals surface area contributed by atoms with E-state index < -0.39 is 0 Å². The summed E-state index contributed by atoms with van der Waals surface area (Å²) >= 11 is 12.3. The number of aryl methyl sites for hydroxylation is 2. The van der Waals surface area contributed by atoms with Crippen LogP contribution in [0.5, 0.6) is 0 Å². The zero-order chi connectivity index (χ0) is 13.3. The van der Waals surface area contributed by atoms with Crippen LogP contribution in [0.3, 0.4) is 0 Å². The Hall–Kier alpha value is -1.12. The fourth-order valence-corrected chi connectivity index (χ4v) is 2.08. The van der Waals surface area contributed by atoms with Gasteiger partial charge in [0, 0.05) is 22.6 Å². The number of benzene rings is 1. The Labute approximate surface area is 117 Å². The minimum Gasteiger partial charge on any atom is -0.233 e. The van der Waals surface area contributed by atoms with Gasteiger partial charge in [-0.15, -0.1) is 0 Å². The first-order valence-electron chi connectivity index (χ1n) is 5.82. The second-order valence-electron chi connectivity index (χ2n) is 4.22. The van der Waals surface area contributed by atoms with Gasteiger partial charge in [0.1, 0.15) is 11.0 Å². The van der Waals surface area contributed by atoms with E-state index in [-0.39, 0.29) is 0 Å². The van der Waals surface area contributed by atoms with Gasteiger partial charge in [-0.25, -0.2) is 9.97 Å². The number of hydrogen-bond acceptors (Lipinski definition) is 2. The minimum absolute atomic E-state index is 0.508. The highest BCUT2D eigenvalue weighted by Crippen LogP contribution is 2.29. The summed E-state index contributed by atoms with van der Waals surface area (Å²) in [6.45, 7) is 5.90. The molecule has 0 saturated carbocycles. The lowest BCUT2D eigenvalue weighted by atomic mass is 10.1. The number of halogens is 2. The van der Waals surface area contributed by atoms with Crippen LogP contribution in [0.1, 0.15) is 23.9 Å². The van der Waals surface area contributed by atoms with Crippen LogP contribution in [-0.2, 0) is 6.42 Å². The van der Waals surface area contributed by atoms with Crippen LogP contribution in [0.4, 0.5) is 0 Å². The lowest BCUT2D eigenvalue weighted by molar-refractivity contribution is 0.934. The number of hydrogen-bond donors (Lipinski definition) is 0. The first kappa shape index (κ1) is 13.3. The van der Waals surface area contributed by atoms with Crippen molar-refractivity contribution in [1.82, 2.24) is 9.97 Å². The third kappa shape index (κ3) is 2.50. The Morgan fingerprint density at radius 2 is 1.83 bits per heavy atom.